The minimum Gasteiger partial charge on any atom is -0.377 e. The van der Waals surface area contributed by atoms with Crippen molar-refractivity contribution in [1.82, 2.24) is 0 Å². The Morgan fingerprint density at radius 3 is 2.32 bits per heavy atom. The number of hydrogen-bond donors (Lipinski definition) is 2. The van der Waals surface area contributed by atoms with Gasteiger partial charge < -0.3 is 11.1 Å². The van der Waals surface area contributed by atoms with E-state index in [-0.39, 0.29) is 5.54 Å². The van der Waals surface area contributed by atoms with Crippen LogP contribution in [0.1, 0.15) is 12.5 Å². The van der Waals surface area contributed by atoms with Crippen LogP contribution in [0.3, 0.4) is 0 Å². The number of hydrogen-bond acceptors (Lipinski definition) is 2. The third-order valence-electron chi connectivity index (χ3n) is 3.20. The summed E-state index contributed by atoms with van der Waals surface area (Å²) in [7, 11) is 0. The SMILES string of the molecule is CC(CN)(Cc1ccccc1)Nc1ccccc1Cl. The summed E-state index contributed by atoms with van der Waals surface area (Å²) < 4.78 is 0. The summed E-state index contributed by atoms with van der Waals surface area (Å²) in [6.07, 6.45) is 0.857. The maximum atomic E-state index is 6.19. The first kappa shape index (κ1) is 13.9. The number of halogens is 1. The fraction of sp³-hybridized carbons (Fsp3) is 0.250. The van der Waals surface area contributed by atoms with Gasteiger partial charge in [-0.25, -0.2) is 0 Å². The normalized spacial score (nSPS) is 13.8. The standard InChI is InChI=1S/C16H19ClN2/c1-16(12-18,11-13-7-3-2-4-8-13)19-15-10-6-5-9-14(15)17/h2-10,19H,11-12,18H2,1H3. The maximum absolute atomic E-state index is 6.19. The number of para-hydroxylation sites is 1. The van der Waals surface area contributed by atoms with Gasteiger partial charge in [-0.05, 0) is 31.0 Å². The van der Waals surface area contributed by atoms with Gasteiger partial charge in [0, 0.05) is 6.54 Å². The molecule has 1 atom stereocenters. The van der Waals surface area contributed by atoms with Crippen LogP contribution in [-0.2, 0) is 6.42 Å². The molecule has 0 aliphatic carbocycles. The van der Waals surface area contributed by atoms with Gasteiger partial charge in [-0.2, -0.15) is 0 Å². The van der Waals surface area contributed by atoms with Crippen molar-refractivity contribution in [2.24, 2.45) is 5.73 Å². The first-order valence-corrected chi connectivity index (χ1v) is 6.77. The third-order valence-corrected chi connectivity index (χ3v) is 3.53. The van der Waals surface area contributed by atoms with Crippen LogP contribution in [-0.4, -0.2) is 12.1 Å². The summed E-state index contributed by atoms with van der Waals surface area (Å²) in [4.78, 5) is 0. The van der Waals surface area contributed by atoms with Crippen molar-refractivity contribution in [3.05, 3.63) is 65.2 Å². The van der Waals surface area contributed by atoms with Gasteiger partial charge in [0.25, 0.3) is 0 Å². The number of benzene rings is 2. The molecule has 0 heterocycles. The molecule has 2 aromatic carbocycles. The molecule has 1 unspecified atom stereocenters. The van der Waals surface area contributed by atoms with E-state index in [4.69, 9.17) is 17.3 Å². The quantitative estimate of drug-likeness (QED) is 0.872. The lowest BCUT2D eigenvalue weighted by molar-refractivity contribution is 0.521. The van der Waals surface area contributed by atoms with Gasteiger partial charge in [-0.15, -0.1) is 0 Å². The Balaban J connectivity index is 2.17. The van der Waals surface area contributed by atoms with Crippen LogP contribution in [0.4, 0.5) is 5.69 Å². The molecule has 0 spiro atoms. The summed E-state index contributed by atoms with van der Waals surface area (Å²) in [5.74, 6) is 0. The molecular weight excluding hydrogens is 256 g/mol. The lowest BCUT2D eigenvalue weighted by Crippen LogP contribution is -2.44. The molecule has 0 aliphatic heterocycles. The van der Waals surface area contributed by atoms with Gasteiger partial charge >= 0.3 is 0 Å². The molecule has 0 fully saturated rings. The average molecular weight is 275 g/mol. The predicted octanol–water partition coefficient (Wildman–Crippen LogP) is 3.71. The number of anilines is 1. The molecule has 0 saturated carbocycles. The van der Waals surface area contributed by atoms with E-state index in [1.54, 1.807) is 0 Å². The summed E-state index contributed by atoms with van der Waals surface area (Å²) in [5, 5.41) is 4.18. The van der Waals surface area contributed by atoms with Gasteiger partial charge in [-0.3, -0.25) is 0 Å². The zero-order chi connectivity index (χ0) is 13.7. The highest BCUT2D eigenvalue weighted by molar-refractivity contribution is 6.33. The number of rotatable bonds is 5. The zero-order valence-electron chi connectivity index (χ0n) is 11.1. The minimum absolute atomic E-state index is 0.216. The van der Waals surface area contributed by atoms with E-state index in [0.29, 0.717) is 6.54 Å². The van der Waals surface area contributed by atoms with Gasteiger partial charge in [0.15, 0.2) is 0 Å². The Labute approximate surface area is 119 Å². The maximum Gasteiger partial charge on any atom is 0.0637 e. The first-order chi connectivity index (χ1) is 9.13. The van der Waals surface area contributed by atoms with E-state index in [9.17, 15) is 0 Å². The molecule has 3 heteroatoms. The second kappa shape index (κ2) is 6.09. The molecule has 0 aromatic heterocycles. The monoisotopic (exact) mass is 274 g/mol. The van der Waals surface area contributed by atoms with Crippen LogP contribution >= 0.6 is 11.6 Å². The Kier molecular flexibility index (Phi) is 4.46. The molecule has 0 amide bonds. The number of nitrogens with two attached hydrogens (primary N) is 1. The van der Waals surface area contributed by atoms with Crippen molar-refractivity contribution >= 4 is 17.3 Å². The molecule has 0 radical (unpaired) electrons. The highest BCUT2D eigenvalue weighted by Crippen LogP contribution is 2.25. The predicted molar refractivity (Wildman–Crippen MR) is 82.7 cm³/mol. The fourth-order valence-corrected chi connectivity index (χ4v) is 2.28. The van der Waals surface area contributed by atoms with Crippen molar-refractivity contribution in [3.63, 3.8) is 0 Å². The van der Waals surface area contributed by atoms with Crippen molar-refractivity contribution in [3.8, 4) is 0 Å². The minimum atomic E-state index is -0.216. The second-order valence-corrected chi connectivity index (χ2v) is 5.44. The zero-order valence-corrected chi connectivity index (χ0v) is 11.8. The van der Waals surface area contributed by atoms with Crippen LogP contribution < -0.4 is 11.1 Å². The van der Waals surface area contributed by atoms with Crippen molar-refractivity contribution in [1.29, 1.82) is 0 Å². The third kappa shape index (κ3) is 3.72. The molecule has 0 aliphatic rings. The van der Waals surface area contributed by atoms with Gasteiger partial charge in [0.2, 0.25) is 0 Å². The molecule has 2 nitrogen and oxygen atoms in total. The van der Waals surface area contributed by atoms with Crippen LogP contribution in [0.5, 0.6) is 0 Å². The lowest BCUT2D eigenvalue weighted by atomic mass is 9.92. The molecule has 0 bridgehead atoms. The van der Waals surface area contributed by atoms with Gasteiger partial charge in [-0.1, -0.05) is 54.1 Å². The molecule has 2 rings (SSSR count). The van der Waals surface area contributed by atoms with Crippen molar-refractivity contribution in [2.75, 3.05) is 11.9 Å². The molecule has 19 heavy (non-hydrogen) atoms. The Morgan fingerprint density at radius 1 is 1.05 bits per heavy atom. The first-order valence-electron chi connectivity index (χ1n) is 6.40. The van der Waals surface area contributed by atoms with Crippen molar-refractivity contribution < 1.29 is 0 Å². The second-order valence-electron chi connectivity index (χ2n) is 5.03. The summed E-state index contributed by atoms with van der Waals surface area (Å²) in [6, 6.07) is 18.1. The number of nitrogens with one attached hydrogen (secondary N) is 1. The van der Waals surface area contributed by atoms with Gasteiger partial charge in [0.05, 0.1) is 16.2 Å². The van der Waals surface area contributed by atoms with Crippen LogP contribution in [0, 0.1) is 0 Å². The van der Waals surface area contributed by atoms with E-state index in [2.05, 4.69) is 24.4 Å². The largest absolute Gasteiger partial charge is 0.377 e. The molecular formula is C16H19ClN2. The average Bonchev–Trinajstić information content (AvgIpc) is 2.42. The smallest absolute Gasteiger partial charge is 0.0637 e. The fourth-order valence-electron chi connectivity index (χ4n) is 2.10. The van der Waals surface area contributed by atoms with E-state index >= 15 is 0 Å². The van der Waals surface area contributed by atoms with E-state index < -0.39 is 0 Å². The Hall–Kier alpha value is -1.51. The molecule has 0 saturated heterocycles. The highest BCUT2D eigenvalue weighted by Gasteiger charge is 2.23. The molecule has 100 valence electrons. The van der Waals surface area contributed by atoms with Crippen LogP contribution in [0.25, 0.3) is 0 Å². The molecule has 3 N–H and O–H groups in total. The molecule has 2 aromatic rings. The van der Waals surface area contributed by atoms with Crippen LogP contribution in [0.15, 0.2) is 54.6 Å². The summed E-state index contributed by atoms with van der Waals surface area (Å²) in [6.45, 7) is 2.65. The highest BCUT2D eigenvalue weighted by atomic mass is 35.5. The van der Waals surface area contributed by atoms with Crippen LogP contribution in [0.2, 0.25) is 5.02 Å². The van der Waals surface area contributed by atoms with E-state index in [1.807, 2.05) is 42.5 Å². The van der Waals surface area contributed by atoms with E-state index in [0.717, 1.165) is 17.1 Å². The Bertz CT molecular complexity index is 527. The summed E-state index contributed by atoms with van der Waals surface area (Å²) >= 11 is 6.19. The Morgan fingerprint density at radius 2 is 1.68 bits per heavy atom. The van der Waals surface area contributed by atoms with Crippen molar-refractivity contribution in [2.45, 2.75) is 18.9 Å². The lowest BCUT2D eigenvalue weighted by Gasteiger charge is -2.31. The van der Waals surface area contributed by atoms with E-state index in [1.165, 1.54) is 5.56 Å². The van der Waals surface area contributed by atoms with Gasteiger partial charge in [0.1, 0.15) is 0 Å². The summed E-state index contributed by atoms with van der Waals surface area (Å²) in [5.41, 5.74) is 7.91. The topological polar surface area (TPSA) is 38.0 Å².